The van der Waals surface area contributed by atoms with Crippen molar-refractivity contribution >= 4 is 17.5 Å². The van der Waals surface area contributed by atoms with Crippen LogP contribution in [-0.4, -0.2) is 30.2 Å². The van der Waals surface area contributed by atoms with E-state index in [2.05, 4.69) is 20.0 Å². The van der Waals surface area contributed by atoms with Gasteiger partial charge in [0.2, 0.25) is 0 Å². The highest BCUT2D eigenvalue weighted by atomic mass is 16.5. The van der Waals surface area contributed by atoms with Crippen LogP contribution in [0, 0.1) is 6.92 Å². The molecular formula is C14H15N3O3. The van der Waals surface area contributed by atoms with Crippen LogP contribution >= 0.6 is 0 Å². The van der Waals surface area contributed by atoms with Gasteiger partial charge >= 0.3 is 5.97 Å². The lowest BCUT2D eigenvalue weighted by Gasteiger charge is -2.09. The fourth-order valence-electron chi connectivity index (χ4n) is 1.71. The third-order valence-corrected chi connectivity index (χ3v) is 2.71. The number of nitrogens with zero attached hydrogens (tertiary/aromatic N) is 2. The number of anilines is 2. The number of carbonyl (C=O) groups is 1. The number of aromatic nitrogens is 2. The Balaban J connectivity index is 2.14. The molecule has 0 saturated heterocycles. The molecule has 0 atom stereocenters. The minimum Gasteiger partial charge on any atom is -0.496 e. The Labute approximate surface area is 116 Å². The first-order chi connectivity index (χ1) is 9.63. The summed E-state index contributed by atoms with van der Waals surface area (Å²) in [6.45, 7) is 1.95. The Morgan fingerprint density at radius 2 is 2.00 bits per heavy atom. The van der Waals surface area contributed by atoms with E-state index in [1.54, 1.807) is 7.11 Å². The largest absolute Gasteiger partial charge is 0.496 e. The predicted octanol–water partition coefficient (Wildman–Crippen LogP) is 2.32. The fraction of sp³-hybridized carbons (Fsp3) is 0.214. The predicted molar refractivity (Wildman–Crippen MR) is 74.4 cm³/mol. The van der Waals surface area contributed by atoms with Crippen molar-refractivity contribution in [1.82, 2.24) is 9.97 Å². The van der Waals surface area contributed by atoms with Gasteiger partial charge in [-0.25, -0.2) is 14.8 Å². The number of methoxy groups -OCH3 is 2. The molecule has 0 aliphatic carbocycles. The Hall–Kier alpha value is -2.63. The SMILES string of the molecule is COC(=O)c1cnc(Nc2ccc(OC)c(C)c2)cn1. The normalized spacial score (nSPS) is 9.95. The molecule has 0 spiro atoms. The summed E-state index contributed by atoms with van der Waals surface area (Å²) in [6, 6.07) is 5.68. The molecule has 20 heavy (non-hydrogen) atoms. The van der Waals surface area contributed by atoms with Gasteiger partial charge in [0.15, 0.2) is 5.69 Å². The number of aryl methyl sites for hydroxylation is 1. The van der Waals surface area contributed by atoms with Gasteiger partial charge in [-0.15, -0.1) is 0 Å². The van der Waals surface area contributed by atoms with Crippen LogP contribution in [0.3, 0.4) is 0 Å². The van der Waals surface area contributed by atoms with Crippen LogP contribution in [0.15, 0.2) is 30.6 Å². The number of rotatable bonds is 4. The molecule has 0 aliphatic heterocycles. The Morgan fingerprint density at radius 3 is 2.55 bits per heavy atom. The molecule has 0 unspecified atom stereocenters. The molecule has 2 rings (SSSR count). The third kappa shape index (κ3) is 3.03. The van der Waals surface area contributed by atoms with Gasteiger partial charge in [0.05, 0.1) is 26.6 Å². The quantitative estimate of drug-likeness (QED) is 0.862. The number of benzene rings is 1. The van der Waals surface area contributed by atoms with Crippen LogP contribution in [0.2, 0.25) is 0 Å². The van der Waals surface area contributed by atoms with E-state index in [4.69, 9.17) is 4.74 Å². The van der Waals surface area contributed by atoms with Crippen molar-refractivity contribution in [3.05, 3.63) is 41.9 Å². The molecule has 0 bridgehead atoms. The lowest BCUT2D eigenvalue weighted by atomic mass is 10.2. The van der Waals surface area contributed by atoms with E-state index in [0.717, 1.165) is 17.0 Å². The third-order valence-electron chi connectivity index (χ3n) is 2.71. The van der Waals surface area contributed by atoms with Crippen molar-refractivity contribution in [2.45, 2.75) is 6.92 Å². The molecule has 0 saturated carbocycles. The van der Waals surface area contributed by atoms with Gasteiger partial charge in [0.1, 0.15) is 11.6 Å². The highest BCUT2D eigenvalue weighted by Crippen LogP contribution is 2.23. The molecule has 1 heterocycles. The number of esters is 1. The summed E-state index contributed by atoms with van der Waals surface area (Å²) in [7, 11) is 2.93. The van der Waals surface area contributed by atoms with E-state index in [1.807, 2.05) is 25.1 Å². The van der Waals surface area contributed by atoms with Crippen molar-refractivity contribution in [3.63, 3.8) is 0 Å². The average Bonchev–Trinajstić information content (AvgIpc) is 2.47. The molecular weight excluding hydrogens is 258 g/mol. The summed E-state index contributed by atoms with van der Waals surface area (Å²) in [6.07, 6.45) is 2.84. The van der Waals surface area contributed by atoms with Crippen LogP contribution in [0.5, 0.6) is 5.75 Å². The summed E-state index contributed by atoms with van der Waals surface area (Å²) in [5.74, 6) is 0.856. The highest BCUT2D eigenvalue weighted by Gasteiger charge is 2.07. The van der Waals surface area contributed by atoms with Gasteiger partial charge in [-0.2, -0.15) is 0 Å². The Morgan fingerprint density at radius 1 is 1.20 bits per heavy atom. The highest BCUT2D eigenvalue weighted by molar-refractivity contribution is 5.86. The van der Waals surface area contributed by atoms with Gasteiger partial charge in [-0.1, -0.05) is 0 Å². The van der Waals surface area contributed by atoms with E-state index < -0.39 is 5.97 Å². The maximum absolute atomic E-state index is 11.2. The van der Waals surface area contributed by atoms with Crippen molar-refractivity contribution < 1.29 is 14.3 Å². The molecule has 0 amide bonds. The van der Waals surface area contributed by atoms with Gasteiger partial charge in [-0.3, -0.25) is 0 Å². The smallest absolute Gasteiger partial charge is 0.358 e. The topological polar surface area (TPSA) is 73.3 Å². The molecule has 1 aromatic heterocycles. The molecule has 104 valence electrons. The first-order valence-corrected chi connectivity index (χ1v) is 5.96. The van der Waals surface area contributed by atoms with Crippen LogP contribution < -0.4 is 10.1 Å². The standard InChI is InChI=1S/C14H15N3O3/c1-9-6-10(4-5-12(9)19-2)17-13-8-15-11(7-16-13)14(18)20-3/h4-8H,1-3H3,(H,16,17). The van der Waals surface area contributed by atoms with Gasteiger partial charge in [0.25, 0.3) is 0 Å². The first-order valence-electron chi connectivity index (χ1n) is 5.96. The second-order valence-corrected chi connectivity index (χ2v) is 4.09. The maximum Gasteiger partial charge on any atom is 0.358 e. The Bertz CT molecular complexity index is 612. The maximum atomic E-state index is 11.2. The number of hydrogen-bond acceptors (Lipinski definition) is 6. The molecule has 0 aliphatic rings. The lowest BCUT2D eigenvalue weighted by molar-refractivity contribution is 0.0593. The van der Waals surface area contributed by atoms with Crippen molar-refractivity contribution in [2.24, 2.45) is 0 Å². The Kier molecular flexibility index (Phi) is 4.14. The molecule has 6 heteroatoms. The van der Waals surface area contributed by atoms with Crippen molar-refractivity contribution in [3.8, 4) is 5.75 Å². The summed E-state index contributed by atoms with van der Waals surface area (Å²) in [5.41, 5.74) is 2.05. The lowest BCUT2D eigenvalue weighted by Crippen LogP contribution is -2.05. The zero-order valence-corrected chi connectivity index (χ0v) is 11.5. The zero-order chi connectivity index (χ0) is 14.5. The van der Waals surface area contributed by atoms with Crippen molar-refractivity contribution in [2.75, 3.05) is 19.5 Å². The monoisotopic (exact) mass is 273 g/mol. The second-order valence-electron chi connectivity index (χ2n) is 4.09. The summed E-state index contributed by atoms with van der Waals surface area (Å²) < 4.78 is 9.76. The van der Waals surface area contributed by atoms with Gasteiger partial charge in [0, 0.05) is 5.69 Å². The summed E-state index contributed by atoms with van der Waals surface area (Å²) in [4.78, 5) is 19.3. The zero-order valence-electron chi connectivity index (χ0n) is 11.5. The minimum atomic E-state index is -0.510. The van der Waals surface area contributed by atoms with E-state index >= 15 is 0 Å². The molecule has 2 aromatic rings. The second kappa shape index (κ2) is 6.01. The van der Waals surface area contributed by atoms with E-state index in [-0.39, 0.29) is 5.69 Å². The molecule has 0 radical (unpaired) electrons. The van der Waals surface area contributed by atoms with Crippen LogP contribution in [0.1, 0.15) is 16.1 Å². The number of hydrogen-bond donors (Lipinski definition) is 1. The molecule has 1 aromatic carbocycles. The molecule has 0 fully saturated rings. The van der Waals surface area contributed by atoms with E-state index in [1.165, 1.54) is 19.5 Å². The summed E-state index contributed by atoms with van der Waals surface area (Å²) >= 11 is 0. The number of ether oxygens (including phenoxy) is 2. The van der Waals surface area contributed by atoms with Crippen molar-refractivity contribution in [1.29, 1.82) is 0 Å². The van der Waals surface area contributed by atoms with E-state index in [9.17, 15) is 4.79 Å². The average molecular weight is 273 g/mol. The fourth-order valence-corrected chi connectivity index (χ4v) is 1.71. The molecule has 1 N–H and O–H groups in total. The number of nitrogens with one attached hydrogen (secondary N) is 1. The van der Waals surface area contributed by atoms with Crippen LogP contribution in [0.25, 0.3) is 0 Å². The van der Waals surface area contributed by atoms with E-state index in [0.29, 0.717) is 5.82 Å². The minimum absolute atomic E-state index is 0.170. The van der Waals surface area contributed by atoms with Crippen LogP contribution in [-0.2, 0) is 4.74 Å². The van der Waals surface area contributed by atoms with Gasteiger partial charge in [-0.05, 0) is 30.7 Å². The number of carbonyl (C=O) groups excluding carboxylic acids is 1. The first kappa shape index (κ1) is 13.8. The molecule has 6 nitrogen and oxygen atoms in total. The van der Waals surface area contributed by atoms with Crippen LogP contribution in [0.4, 0.5) is 11.5 Å². The van der Waals surface area contributed by atoms with Gasteiger partial charge < -0.3 is 14.8 Å². The summed E-state index contributed by atoms with van der Waals surface area (Å²) in [5, 5.41) is 3.10.